The summed E-state index contributed by atoms with van der Waals surface area (Å²) in [4.78, 5) is 26.2. The highest BCUT2D eigenvalue weighted by Crippen LogP contribution is 2.18. The van der Waals surface area contributed by atoms with E-state index in [9.17, 15) is 9.59 Å². The van der Waals surface area contributed by atoms with Gasteiger partial charge in [0.1, 0.15) is 0 Å². The quantitative estimate of drug-likeness (QED) is 0.847. The average molecular weight is 326 g/mol. The number of hydrogen-bond donors (Lipinski definition) is 1. The highest BCUT2D eigenvalue weighted by molar-refractivity contribution is 6.00. The molecule has 0 unspecified atom stereocenters. The van der Waals surface area contributed by atoms with Crippen LogP contribution in [0, 0.1) is 0 Å². The number of hydrogen-bond acceptors (Lipinski definition) is 3. The maximum atomic E-state index is 12.7. The number of carbonyl (C=O) groups is 2. The van der Waals surface area contributed by atoms with E-state index in [1.165, 1.54) is 7.11 Å². The Balaban J connectivity index is 2.18. The van der Waals surface area contributed by atoms with Crippen LogP contribution in [0.1, 0.15) is 29.8 Å². The van der Waals surface area contributed by atoms with Gasteiger partial charge in [-0.2, -0.15) is 0 Å². The fraction of sp³-hybridized carbons (Fsp3) is 0.263. The molecule has 0 aliphatic carbocycles. The van der Waals surface area contributed by atoms with Gasteiger partial charge < -0.3 is 15.0 Å². The normalized spacial score (nSPS) is 10.3. The van der Waals surface area contributed by atoms with Crippen LogP contribution in [0.15, 0.2) is 54.6 Å². The summed E-state index contributed by atoms with van der Waals surface area (Å²) in [5, 5.41) is 2.81. The first kappa shape index (κ1) is 17.5. The monoisotopic (exact) mass is 326 g/mol. The summed E-state index contributed by atoms with van der Waals surface area (Å²) in [7, 11) is 1.32. The van der Waals surface area contributed by atoms with Crippen molar-refractivity contribution in [3.05, 3.63) is 65.7 Å². The SMILES string of the molecule is COC(=O)c1ccccc1NC(=O)N(Cc1ccccc1)C(C)C. The van der Waals surface area contributed by atoms with Crippen molar-refractivity contribution in [1.29, 1.82) is 0 Å². The molecule has 0 spiro atoms. The number of ether oxygens (including phenoxy) is 1. The van der Waals surface area contributed by atoms with Crippen molar-refractivity contribution in [2.75, 3.05) is 12.4 Å². The van der Waals surface area contributed by atoms with Crippen molar-refractivity contribution >= 4 is 17.7 Å². The molecule has 0 atom stereocenters. The topological polar surface area (TPSA) is 58.6 Å². The van der Waals surface area contributed by atoms with E-state index >= 15 is 0 Å². The standard InChI is InChI=1S/C19H22N2O3/c1-14(2)21(13-15-9-5-4-6-10-15)19(23)20-17-12-8-7-11-16(17)18(22)24-3/h4-12,14H,13H2,1-3H3,(H,20,23). The van der Waals surface area contributed by atoms with Gasteiger partial charge in [-0.05, 0) is 31.5 Å². The number of anilines is 1. The molecule has 0 fully saturated rings. The zero-order valence-corrected chi connectivity index (χ0v) is 14.2. The van der Waals surface area contributed by atoms with Crippen molar-refractivity contribution in [2.45, 2.75) is 26.4 Å². The number of carbonyl (C=O) groups excluding carboxylic acids is 2. The molecule has 0 saturated heterocycles. The van der Waals surface area contributed by atoms with Gasteiger partial charge in [0.2, 0.25) is 0 Å². The molecule has 0 aliphatic rings. The van der Waals surface area contributed by atoms with Gasteiger partial charge in [-0.25, -0.2) is 9.59 Å². The molecule has 2 rings (SSSR count). The number of nitrogens with zero attached hydrogens (tertiary/aromatic N) is 1. The fourth-order valence-electron chi connectivity index (χ4n) is 2.34. The summed E-state index contributed by atoms with van der Waals surface area (Å²) < 4.78 is 4.76. The summed E-state index contributed by atoms with van der Waals surface area (Å²) in [6.07, 6.45) is 0. The smallest absolute Gasteiger partial charge is 0.339 e. The zero-order chi connectivity index (χ0) is 17.5. The van der Waals surface area contributed by atoms with E-state index in [2.05, 4.69) is 5.32 Å². The number of para-hydroxylation sites is 1. The molecule has 0 radical (unpaired) electrons. The summed E-state index contributed by atoms with van der Waals surface area (Å²) >= 11 is 0. The second kappa shape index (κ2) is 8.15. The largest absolute Gasteiger partial charge is 0.465 e. The maximum Gasteiger partial charge on any atom is 0.339 e. The Morgan fingerprint density at radius 3 is 2.29 bits per heavy atom. The zero-order valence-electron chi connectivity index (χ0n) is 14.2. The van der Waals surface area contributed by atoms with Gasteiger partial charge in [-0.1, -0.05) is 42.5 Å². The highest BCUT2D eigenvalue weighted by atomic mass is 16.5. The lowest BCUT2D eigenvalue weighted by Gasteiger charge is -2.27. The third-order valence-corrected chi connectivity index (χ3v) is 3.65. The Morgan fingerprint density at radius 1 is 1.04 bits per heavy atom. The van der Waals surface area contributed by atoms with E-state index in [1.807, 2.05) is 44.2 Å². The molecule has 2 amide bonds. The van der Waals surface area contributed by atoms with Gasteiger partial charge in [-0.15, -0.1) is 0 Å². The second-order valence-corrected chi connectivity index (χ2v) is 5.67. The van der Waals surface area contributed by atoms with Gasteiger partial charge in [0.15, 0.2) is 0 Å². The minimum absolute atomic E-state index is 0.00972. The summed E-state index contributed by atoms with van der Waals surface area (Å²) in [5.41, 5.74) is 1.81. The Labute approximate surface area is 142 Å². The predicted octanol–water partition coefficient (Wildman–Crippen LogP) is 3.92. The van der Waals surface area contributed by atoms with E-state index < -0.39 is 5.97 Å². The van der Waals surface area contributed by atoms with E-state index in [1.54, 1.807) is 29.2 Å². The molecule has 2 aromatic rings. The number of benzene rings is 2. The first-order valence-electron chi connectivity index (χ1n) is 7.81. The first-order chi connectivity index (χ1) is 11.5. The van der Waals surface area contributed by atoms with Crippen LogP contribution in [0.4, 0.5) is 10.5 Å². The summed E-state index contributed by atoms with van der Waals surface area (Å²) in [6, 6.07) is 16.3. The molecule has 24 heavy (non-hydrogen) atoms. The number of esters is 1. The van der Waals surface area contributed by atoms with Gasteiger partial charge in [0, 0.05) is 12.6 Å². The molecule has 5 nitrogen and oxygen atoms in total. The van der Waals surface area contributed by atoms with Crippen LogP contribution in [0.2, 0.25) is 0 Å². The molecule has 0 saturated carbocycles. The van der Waals surface area contributed by atoms with Crippen LogP contribution in [0.3, 0.4) is 0 Å². The van der Waals surface area contributed by atoms with Crippen molar-refractivity contribution < 1.29 is 14.3 Å². The Kier molecular flexibility index (Phi) is 5.95. The molecule has 0 heterocycles. The van der Waals surface area contributed by atoms with Crippen LogP contribution in [0.5, 0.6) is 0 Å². The third-order valence-electron chi connectivity index (χ3n) is 3.65. The molecule has 0 aromatic heterocycles. The van der Waals surface area contributed by atoms with Crippen LogP contribution in [-0.2, 0) is 11.3 Å². The van der Waals surface area contributed by atoms with Crippen LogP contribution in [0.25, 0.3) is 0 Å². The second-order valence-electron chi connectivity index (χ2n) is 5.67. The lowest BCUT2D eigenvalue weighted by molar-refractivity contribution is 0.0602. The van der Waals surface area contributed by atoms with Crippen molar-refractivity contribution in [1.82, 2.24) is 4.90 Å². The average Bonchev–Trinajstić information content (AvgIpc) is 2.60. The Bertz CT molecular complexity index is 699. The maximum absolute atomic E-state index is 12.7. The molecule has 126 valence electrons. The van der Waals surface area contributed by atoms with Gasteiger partial charge in [-0.3, -0.25) is 0 Å². The van der Waals surface area contributed by atoms with Crippen LogP contribution >= 0.6 is 0 Å². The third kappa shape index (κ3) is 4.35. The molecular formula is C19H22N2O3. The Morgan fingerprint density at radius 2 is 1.67 bits per heavy atom. The van der Waals surface area contributed by atoms with E-state index in [0.717, 1.165) is 5.56 Å². The Hall–Kier alpha value is -2.82. The number of methoxy groups -OCH3 is 1. The van der Waals surface area contributed by atoms with E-state index in [0.29, 0.717) is 17.8 Å². The summed E-state index contributed by atoms with van der Waals surface area (Å²) in [6.45, 7) is 4.40. The summed E-state index contributed by atoms with van der Waals surface area (Å²) in [5.74, 6) is -0.481. The lowest BCUT2D eigenvalue weighted by atomic mass is 10.1. The molecule has 1 N–H and O–H groups in total. The number of amides is 2. The fourth-order valence-corrected chi connectivity index (χ4v) is 2.34. The van der Waals surface area contributed by atoms with Crippen molar-refractivity contribution in [3.8, 4) is 0 Å². The minimum atomic E-state index is -0.481. The minimum Gasteiger partial charge on any atom is -0.465 e. The predicted molar refractivity (Wildman–Crippen MR) is 93.9 cm³/mol. The molecule has 0 aliphatic heterocycles. The first-order valence-corrected chi connectivity index (χ1v) is 7.81. The number of urea groups is 1. The number of rotatable bonds is 5. The molecular weight excluding hydrogens is 304 g/mol. The van der Waals surface area contributed by atoms with E-state index in [-0.39, 0.29) is 12.1 Å². The van der Waals surface area contributed by atoms with Gasteiger partial charge in [0.05, 0.1) is 18.4 Å². The molecule has 5 heteroatoms. The van der Waals surface area contributed by atoms with Crippen molar-refractivity contribution in [2.24, 2.45) is 0 Å². The molecule has 0 bridgehead atoms. The molecule has 2 aromatic carbocycles. The van der Waals surface area contributed by atoms with Crippen molar-refractivity contribution in [3.63, 3.8) is 0 Å². The van der Waals surface area contributed by atoms with Gasteiger partial charge in [0.25, 0.3) is 0 Å². The van der Waals surface area contributed by atoms with E-state index in [4.69, 9.17) is 4.74 Å². The van der Waals surface area contributed by atoms with Crippen LogP contribution < -0.4 is 5.32 Å². The van der Waals surface area contributed by atoms with Crippen LogP contribution in [-0.4, -0.2) is 30.1 Å². The lowest BCUT2D eigenvalue weighted by Crippen LogP contribution is -2.39. The van der Waals surface area contributed by atoms with Gasteiger partial charge >= 0.3 is 12.0 Å². The number of nitrogens with one attached hydrogen (secondary N) is 1. The highest BCUT2D eigenvalue weighted by Gasteiger charge is 2.20.